The summed E-state index contributed by atoms with van der Waals surface area (Å²) in [6.45, 7) is 3.25. The van der Waals surface area contributed by atoms with Crippen molar-refractivity contribution in [3.63, 3.8) is 0 Å². The molecule has 24 heavy (non-hydrogen) atoms. The second-order valence-corrected chi connectivity index (χ2v) is 6.79. The molecule has 0 spiro atoms. The van der Waals surface area contributed by atoms with Crippen molar-refractivity contribution in [1.82, 2.24) is 14.7 Å². The molecule has 1 fully saturated rings. The molecule has 1 aromatic heterocycles. The third-order valence-corrected chi connectivity index (χ3v) is 5.06. The second kappa shape index (κ2) is 7.13. The van der Waals surface area contributed by atoms with Crippen LogP contribution in [0.3, 0.4) is 0 Å². The van der Waals surface area contributed by atoms with E-state index in [9.17, 15) is 9.90 Å². The van der Waals surface area contributed by atoms with E-state index in [0.717, 1.165) is 5.56 Å². The number of nitrogens with zero attached hydrogens (tertiary/aromatic N) is 3. The molecule has 0 radical (unpaired) electrons. The maximum atomic E-state index is 12.8. The fraction of sp³-hybridized carbons (Fsp3) is 0.412. The maximum Gasteiger partial charge on any atom is 0.258 e. The molecule has 0 aliphatic carbocycles. The summed E-state index contributed by atoms with van der Waals surface area (Å²) in [5.74, 6) is -0.130. The Morgan fingerprint density at radius 2 is 1.96 bits per heavy atom. The van der Waals surface area contributed by atoms with Gasteiger partial charge in [-0.2, -0.15) is 5.10 Å². The molecule has 7 heteroatoms. The average molecular weight is 368 g/mol. The summed E-state index contributed by atoms with van der Waals surface area (Å²) in [4.78, 5) is 14.5. The zero-order chi connectivity index (χ0) is 17.3. The summed E-state index contributed by atoms with van der Waals surface area (Å²) in [6, 6.07) is 7.48. The molecule has 0 bridgehead atoms. The second-order valence-electron chi connectivity index (χ2n) is 6.02. The zero-order valence-corrected chi connectivity index (χ0v) is 14.9. The van der Waals surface area contributed by atoms with Crippen LogP contribution >= 0.6 is 23.2 Å². The van der Waals surface area contributed by atoms with Crippen LogP contribution < -0.4 is 0 Å². The molecule has 0 atom stereocenters. The normalized spacial score (nSPS) is 15.8. The lowest BCUT2D eigenvalue weighted by atomic mass is 10.1. The minimum atomic E-state index is -0.325. The number of piperidine rings is 1. The number of rotatable bonds is 3. The summed E-state index contributed by atoms with van der Waals surface area (Å²) in [6.07, 6.45) is 0.861. The Morgan fingerprint density at radius 1 is 1.29 bits per heavy atom. The predicted octanol–water partition coefficient (Wildman–Crippen LogP) is 3.14. The van der Waals surface area contributed by atoms with Gasteiger partial charge in [0.2, 0.25) is 0 Å². The van der Waals surface area contributed by atoms with Gasteiger partial charge in [-0.25, -0.2) is 4.68 Å². The number of likely N-dealkylation sites (tertiary alicyclic amines) is 1. The first-order chi connectivity index (χ1) is 11.5. The first-order valence-corrected chi connectivity index (χ1v) is 8.66. The smallest absolute Gasteiger partial charge is 0.258 e. The highest BCUT2D eigenvalue weighted by atomic mass is 35.5. The fourth-order valence-corrected chi connectivity index (χ4v) is 3.43. The van der Waals surface area contributed by atoms with Gasteiger partial charge < -0.3 is 10.0 Å². The van der Waals surface area contributed by atoms with E-state index >= 15 is 0 Å². The van der Waals surface area contributed by atoms with Crippen LogP contribution in [0.4, 0.5) is 0 Å². The van der Waals surface area contributed by atoms with E-state index in [1.165, 1.54) is 0 Å². The number of aliphatic hydroxyl groups is 1. The quantitative estimate of drug-likeness (QED) is 0.906. The molecule has 2 heterocycles. The van der Waals surface area contributed by atoms with Crippen molar-refractivity contribution in [2.24, 2.45) is 0 Å². The number of hydrogen-bond donors (Lipinski definition) is 1. The number of aliphatic hydroxyl groups excluding tert-OH is 1. The molecule has 1 aliphatic heterocycles. The lowest BCUT2D eigenvalue weighted by Gasteiger charge is -2.29. The summed E-state index contributed by atoms with van der Waals surface area (Å²) in [7, 11) is 0. The molecule has 128 valence electrons. The van der Waals surface area contributed by atoms with Crippen LogP contribution in [0.15, 0.2) is 24.3 Å². The van der Waals surface area contributed by atoms with Crippen LogP contribution in [0.1, 0.15) is 34.5 Å². The highest BCUT2D eigenvalue weighted by Gasteiger charge is 2.28. The molecule has 3 rings (SSSR count). The molecule has 1 amide bonds. The van der Waals surface area contributed by atoms with Crippen molar-refractivity contribution in [2.45, 2.75) is 32.4 Å². The van der Waals surface area contributed by atoms with Crippen LogP contribution in [0.5, 0.6) is 0 Å². The number of hydrogen-bond acceptors (Lipinski definition) is 3. The Balaban J connectivity index is 1.84. The van der Waals surface area contributed by atoms with E-state index in [4.69, 9.17) is 23.2 Å². The van der Waals surface area contributed by atoms with Crippen molar-refractivity contribution in [3.8, 4) is 0 Å². The molecule has 1 saturated heterocycles. The number of benzene rings is 1. The molecular weight excluding hydrogens is 349 g/mol. The van der Waals surface area contributed by atoms with Gasteiger partial charge in [0.15, 0.2) is 0 Å². The molecule has 1 aromatic carbocycles. The van der Waals surface area contributed by atoms with Crippen LogP contribution in [0.25, 0.3) is 0 Å². The van der Waals surface area contributed by atoms with E-state index < -0.39 is 0 Å². The molecule has 2 aromatic rings. The van der Waals surface area contributed by atoms with Gasteiger partial charge in [-0.05, 0) is 31.4 Å². The summed E-state index contributed by atoms with van der Waals surface area (Å²) in [5, 5.41) is 15.0. The van der Waals surface area contributed by atoms with Gasteiger partial charge in [0.1, 0.15) is 5.15 Å². The first kappa shape index (κ1) is 17.3. The highest BCUT2D eigenvalue weighted by molar-refractivity contribution is 6.33. The average Bonchev–Trinajstić information content (AvgIpc) is 2.84. The Bertz CT molecular complexity index is 752. The van der Waals surface area contributed by atoms with Gasteiger partial charge in [0.05, 0.1) is 23.9 Å². The number of carbonyl (C=O) groups excluding carboxylic acids is 1. The standard InChI is InChI=1S/C17H19Cl2N3O2/c1-11-15(17(24)21-8-6-13(23)7-9-21)16(19)22(20-11)10-12-4-2-3-5-14(12)18/h2-5,13,23H,6-10H2,1H3. The minimum absolute atomic E-state index is 0.130. The third-order valence-electron chi connectivity index (χ3n) is 4.31. The van der Waals surface area contributed by atoms with Gasteiger partial charge in [-0.3, -0.25) is 4.79 Å². The van der Waals surface area contributed by atoms with E-state index in [0.29, 0.717) is 53.9 Å². The van der Waals surface area contributed by atoms with Crippen LogP contribution in [-0.4, -0.2) is 44.9 Å². The zero-order valence-electron chi connectivity index (χ0n) is 13.4. The largest absolute Gasteiger partial charge is 0.393 e. The number of aryl methyl sites for hydroxylation is 1. The summed E-state index contributed by atoms with van der Waals surface area (Å²) < 4.78 is 1.60. The number of carbonyl (C=O) groups is 1. The molecule has 0 unspecified atom stereocenters. The molecule has 0 saturated carbocycles. The van der Waals surface area contributed by atoms with Gasteiger partial charge in [0.25, 0.3) is 5.91 Å². The Labute approximate surface area is 150 Å². The lowest BCUT2D eigenvalue weighted by Crippen LogP contribution is -2.40. The maximum absolute atomic E-state index is 12.8. The van der Waals surface area contributed by atoms with Crippen molar-refractivity contribution in [1.29, 1.82) is 0 Å². The fourth-order valence-electron chi connectivity index (χ4n) is 2.92. The Morgan fingerprint density at radius 3 is 2.62 bits per heavy atom. The SMILES string of the molecule is Cc1nn(Cc2ccccc2Cl)c(Cl)c1C(=O)N1CCC(O)CC1. The number of halogens is 2. The van der Waals surface area contributed by atoms with E-state index in [-0.39, 0.29) is 12.0 Å². The topological polar surface area (TPSA) is 58.4 Å². The van der Waals surface area contributed by atoms with Crippen molar-refractivity contribution < 1.29 is 9.90 Å². The Kier molecular flexibility index (Phi) is 5.13. The van der Waals surface area contributed by atoms with Gasteiger partial charge >= 0.3 is 0 Å². The molecule has 1 aliphatic rings. The molecule has 5 nitrogen and oxygen atoms in total. The van der Waals surface area contributed by atoms with Crippen LogP contribution in [0.2, 0.25) is 10.2 Å². The summed E-state index contributed by atoms with van der Waals surface area (Å²) >= 11 is 12.6. The molecule has 1 N–H and O–H groups in total. The van der Waals surface area contributed by atoms with Gasteiger partial charge in [-0.15, -0.1) is 0 Å². The molecular formula is C17H19Cl2N3O2. The van der Waals surface area contributed by atoms with Gasteiger partial charge in [0, 0.05) is 18.1 Å². The number of amides is 1. The highest BCUT2D eigenvalue weighted by Crippen LogP contribution is 2.25. The first-order valence-electron chi connectivity index (χ1n) is 7.91. The minimum Gasteiger partial charge on any atom is -0.393 e. The summed E-state index contributed by atoms with van der Waals surface area (Å²) in [5.41, 5.74) is 1.92. The van der Waals surface area contributed by atoms with E-state index in [2.05, 4.69) is 5.10 Å². The predicted molar refractivity (Wildman–Crippen MR) is 93.7 cm³/mol. The number of aromatic nitrogens is 2. The lowest BCUT2D eigenvalue weighted by molar-refractivity contribution is 0.0546. The van der Waals surface area contributed by atoms with E-state index in [1.807, 2.05) is 24.3 Å². The van der Waals surface area contributed by atoms with Crippen molar-refractivity contribution in [2.75, 3.05) is 13.1 Å². The van der Waals surface area contributed by atoms with Crippen LogP contribution in [-0.2, 0) is 6.54 Å². The Hall–Kier alpha value is -1.56. The monoisotopic (exact) mass is 367 g/mol. The third kappa shape index (κ3) is 3.43. The van der Waals surface area contributed by atoms with Crippen molar-refractivity contribution in [3.05, 3.63) is 51.3 Å². The van der Waals surface area contributed by atoms with Crippen LogP contribution in [0, 0.1) is 6.92 Å². The van der Waals surface area contributed by atoms with E-state index in [1.54, 1.807) is 16.5 Å². The van der Waals surface area contributed by atoms with Crippen molar-refractivity contribution >= 4 is 29.1 Å². The van der Waals surface area contributed by atoms with Gasteiger partial charge in [-0.1, -0.05) is 41.4 Å².